The van der Waals surface area contributed by atoms with Gasteiger partial charge in [0.15, 0.2) is 11.6 Å². The molecule has 0 aromatic heterocycles. The molecule has 0 bridgehead atoms. The third-order valence-electron chi connectivity index (χ3n) is 3.56. The lowest BCUT2D eigenvalue weighted by molar-refractivity contribution is 0.0728. The second-order valence-electron chi connectivity index (χ2n) is 5.32. The third kappa shape index (κ3) is 4.74. The largest absolute Gasteiger partial charge is 0.420 e. The fourth-order valence-electron chi connectivity index (χ4n) is 2.22. The van der Waals surface area contributed by atoms with E-state index in [4.69, 9.17) is 4.74 Å². The molecule has 0 heterocycles. The van der Waals surface area contributed by atoms with Crippen LogP contribution in [0.3, 0.4) is 0 Å². The summed E-state index contributed by atoms with van der Waals surface area (Å²) < 4.78 is 18.9. The van der Waals surface area contributed by atoms with Crippen molar-refractivity contribution < 1.29 is 13.9 Å². The van der Waals surface area contributed by atoms with Crippen molar-refractivity contribution in [2.24, 2.45) is 4.99 Å². The van der Waals surface area contributed by atoms with Gasteiger partial charge in [-0.1, -0.05) is 31.9 Å². The van der Waals surface area contributed by atoms with Gasteiger partial charge in [-0.15, -0.1) is 0 Å². The molecule has 3 nitrogen and oxygen atoms in total. The Morgan fingerprint density at radius 2 is 1.91 bits per heavy atom. The van der Waals surface area contributed by atoms with E-state index in [1.807, 2.05) is 12.1 Å². The molecule has 0 saturated heterocycles. The smallest absolute Gasteiger partial charge is 0.343 e. The number of nitrogens with zero attached hydrogens (tertiary/aromatic N) is 1. The monoisotopic (exact) mass is 313 g/mol. The van der Waals surface area contributed by atoms with Gasteiger partial charge in [0.25, 0.3) is 0 Å². The highest BCUT2D eigenvalue weighted by Gasteiger charge is 2.12. The molecule has 4 heteroatoms. The van der Waals surface area contributed by atoms with Gasteiger partial charge in [-0.25, -0.2) is 9.18 Å². The molecule has 120 valence electrons. The molecule has 0 aliphatic rings. The van der Waals surface area contributed by atoms with E-state index in [0.717, 1.165) is 12.8 Å². The molecule has 0 aliphatic carbocycles. The second kappa shape index (κ2) is 8.22. The number of aliphatic imine (C=N–C) groups is 1. The highest BCUT2D eigenvalue weighted by atomic mass is 19.1. The number of hydrogen-bond donors (Lipinski definition) is 0. The van der Waals surface area contributed by atoms with E-state index in [1.54, 1.807) is 12.1 Å². The standard InChI is InChI=1S/C19H20FNO2/c1-3-4-5-6-14-7-9-15(10-8-14)19(22)23-18-12-11-16(21-2)13-17(18)20/h7-13H,2-6H2,1H3. The van der Waals surface area contributed by atoms with E-state index < -0.39 is 11.8 Å². The minimum atomic E-state index is -0.639. The summed E-state index contributed by atoms with van der Waals surface area (Å²) in [5, 5.41) is 0. The van der Waals surface area contributed by atoms with Crippen molar-refractivity contribution in [3.05, 3.63) is 59.4 Å². The fourth-order valence-corrected chi connectivity index (χ4v) is 2.22. The molecule has 0 spiro atoms. The molecule has 0 unspecified atom stereocenters. The Hall–Kier alpha value is -2.49. The van der Waals surface area contributed by atoms with Gasteiger partial charge in [0.05, 0.1) is 11.3 Å². The third-order valence-corrected chi connectivity index (χ3v) is 3.56. The molecule has 0 amide bonds. The molecule has 2 aromatic rings. The summed E-state index contributed by atoms with van der Waals surface area (Å²) in [4.78, 5) is 15.7. The predicted octanol–water partition coefficient (Wildman–Crippen LogP) is 5.11. The fraction of sp³-hybridized carbons (Fsp3) is 0.263. The minimum Gasteiger partial charge on any atom is -0.420 e. The number of ether oxygens (including phenoxy) is 1. The molecule has 0 fully saturated rings. The molecule has 0 N–H and O–H groups in total. The number of benzene rings is 2. The molecular formula is C19H20FNO2. The number of rotatable bonds is 7. The Morgan fingerprint density at radius 1 is 1.17 bits per heavy atom. The van der Waals surface area contributed by atoms with Gasteiger partial charge in [-0.05, 0) is 49.4 Å². The van der Waals surface area contributed by atoms with Crippen LogP contribution in [0.2, 0.25) is 0 Å². The van der Waals surface area contributed by atoms with Gasteiger partial charge in [0, 0.05) is 6.07 Å². The van der Waals surface area contributed by atoms with Gasteiger partial charge < -0.3 is 4.74 Å². The molecule has 2 rings (SSSR count). The van der Waals surface area contributed by atoms with Crippen LogP contribution in [0.1, 0.15) is 42.1 Å². The van der Waals surface area contributed by atoms with Crippen molar-refractivity contribution in [1.82, 2.24) is 0 Å². The minimum absolute atomic E-state index is 0.116. The van der Waals surface area contributed by atoms with Crippen LogP contribution in [0, 0.1) is 5.82 Å². The van der Waals surface area contributed by atoms with Gasteiger partial charge >= 0.3 is 5.97 Å². The maximum Gasteiger partial charge on any atom is 0.343 e. The molecule has 0 radical (unpaired) electrons. The van der Waals surface area contributed by atoms with E-state index in [9.17, 15) is 9.18 Å². The average molecular weight is 313 g/mol. The topological polar surface area (TPSA) is 38.7 Å². The zero-order valence-electron chi connectivity index (χ0n) is 13.2. The molecule has 2 aromatic carbocycles. The van der Waals surface area contributed by atoms with Crippen LogP contribution < -0.4 is 4.74 Å². The van der Waals surface area contributed by atoms with E-state index in [2.05, 4.69) is 18.6 Å². The molecule has 0 saturated carbocycles. The lowest BCUT2D eigenvalue weighted by Gasteiger charge is -2.07. The first-order chi connectivity index (χ1) is 11.1. The number of esters is 1. The first kappa shape index (κ1) is 16.9. The van der Waals surface area contributed by atoms with Crippen LogP contribution in [0.5, 0.6) is 5.75 Å². The number of unbranched alkanes of at least 4 members (excludes halogenated alkanes) is 2. The van der Waals surface area contributed by atoms with E-state index in [1.165, 1.54) is 36.6 Å². The van der Waals surface area contributed by atoms with Crippen molar-refractivity contribution in [1.29, 1.82) is 0 Å². The summed E-state index contributed by atoms with van der Waals surface area (Å²) >= 11 is 0. The summed E-state index contributed by atoms with van der Waals surface area (Å²) in [6.07, 6.45) is 4.50. The Morgan fingerprint density at radius 3 is 2.52 bits per heavy atom. The van der Waals surface area contributed by atoms with Gasteiger partial charge in [-0.3, -0.25) is 4.99 Å². The van der Waals surface area contributed by atoms with Crippen molar-refractivity contribution in [2.75, 3.05) is 0 Å². The second-order valence-corrected chi connectivity index (χ2v) is 5.32. The normalized spacial score (nSPS) is 10.3. The van der Waals surface area contributed by atoms with Crippen molar-refractivity contribution in [3.63, 3.8) is 0 Å². The van der Waals surface area contributed by atoms with Crippen LogP contribution in [0.4, 0.5) is 10.1 Å². The summed E-state index contributed by atoms with van der Waals surface area (Å²) in [6, 6.07) is 11.3. The first-order valence-corrected chi connectivity index (χ1v) is 7.71. The summed E-state index contributed by atoms with van der Waals surface area (Å²) in [7, 11) is 0. The maximum atomic E-state index is 13.8. The van der Waals surface area contributed by atoms with E-state index >= 15 is 0 Å². The number of carbonyl (C=O) groups is 1. The van der Waals surface area contributed by atoms with Gasteiger partial charge in [0.2, 0.25) is 0 Å². The van der Waals surface area contributed by atoms with E-state index in [-0.39, 0.29) is 5.75 Å². The molecule has 23 heavy (non-hydrogen) atoms. The first-order valence-electron chi connectivity index (χ1n) is 7.71. The number of hydrogen-bond acceptors (Lipinski definition) is 3. The maximum absolute atomic E-state index is 13.8. The zero-order valence-corrected chi connectivity index (χ0v) is 13.2. The molecule has 0 aliphatic heterocycles. The van der Waals surface area contributed by atoms with Crippen molar-refractivity contribution in [3.8, 4) is 5.75 Å². The van der Waals surface area contributed by atoms with Crippen LogP contribution in [-0.2, 0) is 6.42 Å². The average Bonchev–Trinajstić information content (AvgIpc) is 2.57. The van der Waals surface area contributed by atoms with Crippen molar-refractivity contribution >= 4 is 18.4 Å². The number of halogens is 1. The number of aryl methyl sites for hydroxylation is 1. The van der Waals surface area contributed by atoms with Gasteiger partial charge in [-0.2, -0.15) is 0 Å². The van der Waals surface area contributed by atoms with Crippen LogP contribution in [0.25, 0.3) is 0 Å². The lowest BCUT2D eigenvalue weighted by Crippen LogP contribution is -2.09. The highest BCUT2D eigenvalue weighted by Crippen LogP contribution is 2.23. The highest BCUT2D eigenvalue weighted by molar-refractivity contribution is 5.91. The summed E-state index contributed by atoms with van der Waals surface area (Å²) in [6.45, 7) is 5.48. The Kier molecular flexibility index (Phi) is 6.03. The van der Waals surface area contributed by atoms with Crippen LogP contribution in [0.15, 0.2) is 47.5 Å². The summed E-state index contributed by atoms with van der Waals surface area (Å²) in [5.41, 5.74) is 1.97. The van der Waals surface area contributed by atoms with E-state index in [0.29, 0.717) is 11.3 Å². The Labute approximate surface area is 135 Å². The van der Waals surface area contributed by atoms with Crippen molar-refractivity contribution in [2.45, 2.75) is 32.6 Å². The molecule has 0 atom stereocenters. The van der Waals surface area contributed by atoms with Crippen LogP contribution in [-0.4, -0.2) is 12.7 Å². The lowest BCUT2D eigenvalue weighted by atomic mass is 10.1. The summed E-state index contributed by atoms with van der Waals surface area (Å²) in [5.74, 6) is -1.34. The zero-order chi connectivity index (χ0) is 16.7. The Balaban J connectivity index is 2.01. The van der Waals surface area contributed by atoms with Crippen LogP contribution >= 0.6 is 0 Å². The Bertz CT molecular complexity index is 680. The van der Waals surface area contributed by atoms with Gasteiger partial charge in [0.1, 0.15) is 0 Å². The predicted molar refractivity (Wildman–Crippen MR) is 90.2 cm³/mol. The quantitative estimate of drug-likeness (QED) is 0.308. The molecular weight excluding hydrogens is 293 g/mol. The number of carbonyl (C=O) groups excluding carboxylic acids is 1. The SMILES string of the molecule is C=Nc1ccc(OC(=O)c2ccc(CCCCC)cc2)c(F)c1.